The van der Waals surface area contributed by atoms with Gasteiger partial charge in [-0.1, -0.05) is 12.8 Å². The van der Waals surface area contributed by atoms with Gasteiger partial charge in [0.25, 0.3) is 0 Å². The molecule has 424 valence electrons. The summed E-state index contributed by atoms with van der Waals surface area (Å²) in [6.45, 7) is 20.9. The van der Waals surface area contributed by atoms with E-state index in [1.54, 1.807) is 56.6 Å². The molecule has 2 unspecified atom stereocenters. The number of benzene rings is 2. The van der Waals surface area contributed by atoms with Gasteiger partial charge in [0.1, 0.15) is 24.7 Å². The number of amides is 1. The lowest BCUT2D eigenvalue weighted by atomic mass is 10.0. The maximum absolute atomic E-state index is 13.7. The fourth-order valence-corrected chi connectivity index (χ4v) is 16.0. The monoisotopic (exact) mass is 1090 g/mol. The van der Waals surface area contributed by atoms with Crippen LogP contribution in [0.2, 0.25) is 0 Å². The van der Waals surface area contributed by atoms with Crippen molar-refractivity contribution in [1.29, 1.82) is 0 Å². The number of carboxylic acid groups (broad SMARTS) is 1. The van der Waals surface area contributed by atoms with Crippen LogP contribution in [-0.4, -0.2) is 237 Å². The van der Waals surface area contributed by atoms with Gasteiger partial charge < -0.3 is 44.1 Å². The quantitative estimate of drug-likeness (QED) is 0.244. The maximum Gasteiger partial charge on any atom is 0.329 e. The third-order valence-corrected chi connectivity index (χ3v) is 20.4. The standard InChI is InChI=1S/C27H44N4O5S.C17H25NO6S.C10H21N3/c1-21-17-25(35-4)18-22(2)27(21)37(33,34)31-10-6-5-7-24(31)19-36-20-26(32)30-15-13-29(14-16-30)23-8-11-28(3)12-9-23;1-12-8-15(23-3)9-13(2)17(12)25(21,22)18-7-5-4-6-14(18)10-24-11-16(19)20;1-12-6-2-10(3-7-12)13-8-4-11-5-9-13/h17-18,23-24H,5-16,19-20H2,1-4H3;8-9,14H,4-7,10-11H2,1-3H3,(H,19,20);10-11H,2-9H2,1H3. The molecule has 2 aromatic rings. The summed E-state index contributed by atoms with van der Waals surface area (Å²) in [4.78, 5) is 36.0. The van der Waals surface area contributed by atoms with Gasteiger partial charge in [-0.2, -0.15) is 8.61 Å². The first-order valence-electron chi connectivity index (χ1n) is 27.4. The zero-order chi connectivity index (χ0) is 54.3. The number of hydrogen-bond donors (Lipinski definition) is 2. The highest BCUT2D eigenvalue weighted by atomic mass is 32.2. The van der Waals surface area contributed by atoms with E-state index in [9.17, 15) is 26.4 Å². The van der Waals surface area contributed by atoms with Crippen LogP contribution in [0.25, 0.3) is 0 Å². The predicted molar refractivity (Wildman–Crippen MR) is 291 cm³/mol. The third-order valence-electron chi connectivity index (χ3n) is 15.9. The van der Waals surface area contributed by atoms with Crippen molar-refractivity contribution >= 4 is 31.9 Å². The second kappa shape index (κ2) is 28.9. The average Bonchev–Trinajstić information content (AvgIpc) is 3.39. The van der Waals surface area contributed by atoms with Crippen LogP contribution in [0.5, 0.6) is 11.5 Å². The first-order chi connectivity index (χ1) is 35.8. The molecule has 0 spiro atoms. The molecule has 0 bridgehead atoms. The number of rotatable bonds is 16. The van der Waals surface area contributed by atoms with Crippen LogP contribution < -0.4 is 14.8 Å². The van der Waals surface area contributed by atoms with Crippen LogP contribution in [0, 0.1) is 27.7 Å². The summed E-state index contributed by atoms with van der Waals surface area (Å²) in [6.07, 6.45) is 9.99. The van der Waals surface area contributed by atoms with Gasteiger partial charge in [-0.25, -0.2) is 21.6 Å². The highest BCUT2D eigenvalue weighted by Gasteiger charge is 2.38. The third kappa shape index (κ3) is 16.8. The van der Waals surface area contributed by atoms with Gasteiger partial charge in [0.05, 0.1) is 37.2 Å². The first-order valence-corrected chi connectivity index (χ1v) is 30.3. The molecular weight excluding hydrogens is 1000 g/mol. The van der Waals surface area contributed by atoms with Crippen molar-refractivity contribution < 1.29 is 50.5 Å². The Hall–Kier alpha value is -3.48. The van der Waals surface area contributed by atoms with Crippen LogP contribution in [0.15, 0.2) is 34.1 Å². The van der Waals surface area contributed by atoms with E-state index in [2.05, 4.69) is 39.0 Å². The Labute approximate surface area is 449 Å². The number of carbonyl (C=O) groups is 2. The molecule has 0 aromatic heterocycles. The second-order valence-electron chi connectivity index (χ2n) is 21.4. The molecule has 0 saturated carbocycles. The van der Waals surface area contributed by atoms with E-state index in [0.717, 1.165) is 77.4 Å². The molecule has 6 aliphatic heterocycles. The SMILES string of the molecule is CN1CCC(N2CCNCC2)CC1.COc1cc(C)c(S(=O)(=O)N2CCCCC2COCC(=O)N2CCN(C3CCN(C)CC3)CC2)c(C)c1.COc1cc(C)c(S(=O)(=O)N2CCCCC2COCC(=O)O)c(C)c1. The van der Waals surface area contributed by atoms with E-state index in [1.807, 2.05) is 18.7 Å². The van der Waals surface area contributed by atoms with Crippen molar-refractivity contribution in [2.45, 2.75) is 126 Å². The number of aryl methyl sites for hydroxylation is 4. The van der Waals surface area contributed by atoms with Crippen LogP contribution in [0.3, 0.4) is 0 Å². The van der Waals surface area contributed by atoms with E-state index in [-0.39, 0.29) is 37.8 Å². The molecule has 2 aromatic carbocycles. The van der Waals surface area contributed by atoms with Gasteiger partial charge in [0, 0.05) is 89.6 Å². The largest absolute Gasteiger partial charge is 0.497 e. The van der Waals surface area contributed by atoms with E-state index >= 15 is 0 Å². The summed E-state index contributed by atoms with van der Waals surface area (Å²) in [5.41, 5.74) is 2.62. The lowest BCUT2D eigenvalue weighted by molar-refractivity contribution is -0.142. The van der Waals surface area contributed by atoms with E-state index in [1.165, 1.54) is 69.3 Å². The van der Waals surface area contributed by atoms with Crippen LogP contribution >= 0.6 is 0 Å². The lowest BCUT2D eigenvalue weighted by Gasteiger charge is -2.42. The number of carbonyl (C=O) groups excluding carboxylic acids is 1. The Morgan fingerprint density at radius 1 is 0.547 bits per heavy atom. The van der Waals surface area contributed by atoms with Gasteiger partial charge >= 0.3 is 5.97 Å². The summed E-state index contributed by atoms with van der Waals surface area (Å²) in [7, 11) is 0.139. The molecule has 6 fully saturated rings. The second-order valence-corrected chi connectivity index (χ2v) is 25.1. The van der Waals surface area contributed by atoms with E-state index < -0.39 is 32.6 Å². The minimum atomic E-state index is -3.70. The van der Waals surface area contributed by atoms with Gasteiger partial charge in [0.2, 0.25) is 26.0 Å². The number of piperidine rings is 4. The number of aliphatic carboxylic acids is 1. The number of ether oxygens (including phenoxy) is 4. The van der Waals surface area contributed by atoms with Crippen molar-refractivity contribution in [1.82, 2.24) is 38.4 Å². The molecule has 19 nitrogen and oxygen atoms in total. The molecule has 8 rings (SSSR count). The van der Waals surface area contributed by atoms with Crippen molar-refractivity contribution in [3.05, 3.63) is 46.5 Å². The zero-order valence-corrected chi connectivity index (χ0v) is 48.0. The minimum Gasteiger partial charge on any atom is -0.497 e. The van der Waals surface area contributed by atoms with Crippen LogP contribution in [-0.2, 0) is 39.1 Å². The summed E-state index contributed by atoms with van der Waals surface area (Å²) in [6, 6.07) is 7.83. The summed E-state index contributed by atoms with van der Waals surface area (Å²) < 4.78 is 78.5. The Bertz CT molecular complexity index is 2320. The van der Waals surface area contributed by atoms with Gasteiger partial charge in [-0.15, -0.1) is 0 Å². The average molecular weight is 1090 g/mol. The molecule has 0 radical (unpaired) electrons. The molecule has 2 N–H and O–H groups in total. The highest BCUT2D eigenvalue weighted by molar-refractivity contribution is 7.89. The Balaban J connectivity index is 0.000000206. The number of likely N-dealkylation sites (tertiary alicyclic amines) is 2. The minimum absolute atomic E-state index is 0.000791. The highest BCUT2D eigenvalue weighted by Crippen LogP contribution is 2.34. The molecule has 2 atom stereocenters. The fourth-order valence-electron chi connectivity index (χ4n) is 11.8. The normalized spacial score (nSPS) is 22.9. The number of piperazine rings is 2. The number of carboxylic acids is 1. The molecule has 6 aliphatic rings. The molecule has 6 saturated heterocycles. The molecule has 75 heavy (non-hydrogen) atoms. The van der Waals surface area contributed by atoms with Crippen LogP contribution in [0.1, 0.15) is 86.5 Å². The molecule has 1 amide bonds. The number of sulfonamides is 2. The number of methoxy groups -OCH3 is 2. The van der Waals surface area contributed by atoms with Gasteiger partial charge in [0.15, 0.2) is 0 Å². The Morgan fingerprint density at radius 2 is 0.933 bits per heavy atom. The van der Waals surface area contributed by atoms with Crippen LogP contribution in [0.4, 0.5) is 0 Å². The fraction of sp³-hybridized carbons (Fsp3) is 0.741. The summed E-state index contributed by atoms with van der Waals surface area (Å²) in [5.74, 6) is 0.203. The number of nitrogens with zero attached hydrogens (tertiary/aromatic N) is 7. The zero-order valence-electron chi connectivity index (χ0n) is 46.4. The molecule has 6 heterocycles. The number of hydrogen-bond acceptors (Lipinski definition) is 15. The summed E-state index contributed by atoms with van der Waals surface area (Å²) in [5, 5.41) is 12.1. The van der Waals surface area contributed by atoms with E-state index in [0.29, 0.717) is 69.1 Å². The molecular formula is C54H90N8O11S2. The summed E-state index contributed by atoms with van der Waals surface area (Å²) >= 11 is 0. The number of nitrogens with one attached hydrogen (secondary N) is 1. The van der Waals surface area contributed by atoms with Crippen molar-refractivity contribution in [2.75, 3.05) is 146 Å². The van der Waals surface area contributed by atoms with Gasteiger partial charge in [-0.05, 0) is 166 Å². The van der Waals surface area contributed by atoms with E-state index in [4.69, 9.17) is 24.1 Å². The lowest BCUT2D eigenvalue weighted by Crippen LogP contribution is -2.54. The molecule has 0 aliphatic carbocycles. The Morgan fingerprint density at radius 3 is 1.32 bits per heavy atom. The predicted octanol–water partition coefficient (Wildman–Crippen LogP) is 4.05. The van der Waals surface area contributed by atoms with Crippen molar-refractivity contribution in [3.63, 3.8) is 0 Å². The van der Waals surface area contributed by atoms with Crippen molar-refractivity contribution in [3.8, 4) is 11.5 Å². The van der Waals surface area contributed by atoms with Crippen molar-refractivity contribution in [2.24, 2.45) is 0 Å². The Kier molecular flexibility index (Phi) is 23.4. The topological polar surface area (TPSA) is 194 Å². The smallest absolute Gasteiger partial charge is 0.329 e. The molecule has 21 heteroatoms. The maximum atomic E-state index is 13.7. The first kappa shape index (κ1) is 60.7. The van der Waals surface area contributed by atoms with Gasteiger partial charge in [-0.3, -0.25) is 14.6 Å².